The summed E-state index contributed by atoms with van der Waals surface area (Å²) in [5.41, 5.74) is 0. The lowest BCUT2D eigenvalue weighted by atomic mass is 9.81. The zero-order chi connectivity index (χ0) is 7.56. The lowest BCUT2D eigenvalue weighted by molar-refractivity contribution is -0.132. The second-order valence-electron chi connectivity index (χ2n) is 2.58. The molecule has 1 aliphatic rings. The van der Waals surface area contributed by atoms with E-state index in [1.165, 1.54) is 7.05 Å². The first-order chi connectivity index (χ1) is 4.75. The minimum Gasteiger partial charge on any atom is -0.383 e. The number of carbonyl (C=O) groups excluding carboxylic acids is 1. The summed E-state index contributed by atoms with van der Waals surface area (Å²) in [6.45, 7) is 0. The van der Waals surface area contributed by atoms with Crippen LogP contribution in [-0.4, -0.2) is 24.2 Å². The van der Waals surface area contributed by atoms with Gasteiger partial charge in [-0.05, 0) is 25.2 Å². The summed E-state index contributed by atoms with van der Waals surface area (Å²) in [5.74, 6) is -0.0990. The van der Waals surface area contributed by atoms with Crippen LogP contribution in [0.2, 0.25) is 0 Å². The van der Waals surface area contributed by atoms with Crippen LogP contribution in [0, 0.1) is 12.3 Å². The van der Waals surface area contributed by atoms with E-state index in [1.807, 2.05) is 0 Å². The predicted octanol–water partition coefficient (Wildman–Crippen LogP) is -0.292. The van der Waals surface area contributed by atoms with E-state index < -0.39 is 6.10 Å². The van der Waals surface area contributed by atoms with E-state index in [0.29, 0.717) is 0 Å². The molecule has 0 heterocycles. The SMILES string of the molecule is CNC(=O)C(O)C1C[CH]C1. The maximum absolute atomic E-state index is 10.8. The molecule has 3 nitrogen and oxygen atoms in total. The van der Waals surface area contributed by atoms with Crippen molar-refractivity contribution in [3.8, 4) is 0 Å². The third kappa shape index (κ3) is 1.29. The van der Waals surface area contributed by atoms with E-state index in [0.717, 1.165) is 12.8 Å². The van der Waals surface area contributed by atoms with Crippen molar-refractivity contribution in [2.75, 3.05) is 7.05 Å². The molecular weight excluding hydrogens is 130 g/mol. The molecule has 0 aromatic rings. The highest BCUT2D eigenvalue weighted by Crippen LogP contribution is 2.28. The topological polar surface area (TPSA) is 49.3 Å². The van der Waals surface area contributed by atoms with Gasteiger partial charge in [0.2, 0.25) is 5.91 Å². The Kier molecular flexibility index (Phi) is 2.27. The summed E-state index contributed by atoms with van der Waals surface area (Å²) in [7, 11) is 1.54. The Morgan fingerprint density at radius 3 is 2.70 bits per heavy atom. The molecule has 3 heteroatoms. The first-order valence-corrected chi connectivity index (χ1v) is 3.47. The van der Waals surface area contributed by atoms with Crippen molar-refractivity contribution in [1.29, 1.82) is 0 Å². The smallest absolute Gasteiger partial charge is 0.248 e. The minimum atomic E-state index is -0.796. The highest BCUT2D eigenvalue weighted by atomic mass is 16.3. The average molecular weight is 142 g/mol. The molecule has 0 aromatic heterocycles. The van der Waals surface area contributed by atoms with Crippen LogP contribution < -0.4 is 5.32 Å². The molecule has 1 fully saturated rings. The van der Waals surface area contributed by atoms with Gasteiger partial charge >= 0.3 is 0 Å². The Bertz CT molecular complexity index is 132. The highest BCUT2D eigenvalue weighted by molar-refractivity contribution is 5.80. The van der Waals surface area contributed by atoms with Gasteiger partial charge in [0.15, 0.2) is 0 Å². The molecule has 1 unspecified atom stereocenters. The quantitative estimate of drug-likeness (QED) is 0.556. The third-order valence-electron chi connectivity index (χ3n) is 1.90. The summed E-state index contributed by atoms with van der Waals surface area (Å²) in [5, 5.41) is 11.6. The van der Waals surface area contributed by atoms with Gasteiger partial charge in [-0.15, -0.1) is 0 Å². The van der Waals surface area contributed by atoms with Gasteiger partial charge in [-0.2, -0.15) is 0 Å². The van der Waals surface area contributed by atoms with E-state index in [9.17, 15) is 9.90 Å². The summed E-state index contributed by atoms with van der Waals surface area (Å²) in [6.07, 6.45) is 3.01. The summed E-state index contributed by atoms with van der Waals surface area (Å²) >= 11 is 0. The molecular formula is C7H12NO2. The Hall–Kier alpha value is -0.570. The van der Waals surface area contributed by atoms with Crippen LogP contribution in [0.15, 0.2) is 0 Å². The Morgan fingerprint density at radius 2 is 2.40 bits per heavy atom. The van der Waals surface area contributed by atoms with E-state index in [-0.39, 0.29) is 11.8 Å². The molecule has 1 saturated carbocycles. The van der Waals surface area contributed by atoms with Gasteiger partial charge in [-0.1, -0.05) is 0 Å². The Morgan fingerprint density at radius 1 is 1.80 bits per heavy atom. The number of aliphatic hydroxyl groups excluding tert-OH is 1. The molecule has 57 valence electrons. The van der Waals surface area contributed by atoms with Gasteiger partial charge in [0.1, 0.15) is 6.10 Å². The average Bonchev–Trinajstić information content (AvgIpc) is 1.82. The lowest BCUT2D eigenvalue weighted by Gasteiger charge is -2.28. The monoisotopic (exact) mass is 142 g/mol. The van der Waals surface area contributed by atoms with Gasteiger partial charge in [0.25, 0.3) is 0 Å². The summed E-state index contributed by atoms with van der Waals surface area (Å²) < 4.78 is 0. The molecule has 1 radical (unpaired) electrons. The van der Waals surface area contributed by atoms with Gasteiger partial charge in [0, 0.05) is 7.05 Å². The largest absolute Gasteiger partial charge is 0.383 e. The molecule has 2 N–H and O–H groups in total. The number of hydrogen-bond acceptors (Lipinski definition) is 2. The predicted molar refractivity (Wildman–Crippen MR) is 37.1 cm³/mol. The first-order valence-electron chi connectivity index (χ1n) is 3.47. The van der Waals surface area contributed by atoms with Crippen LogP contribution in [0.1, 0.15) is 12.8 Å². The van der Waals surface area contributed by atoms with Gasteiger partial charge < -0.3 is 10.4 Å². The Labute approximate surface area is 60.4 Å². The van der Waals surface area contributed by atoms with Crippen LogP contribution >= 0.6 is 0 Å². The number of amides is 1. The van der Waals surface area contributed by atoms with E-state index in [1.54, 1.807) is 0 Å². The maximum Gasteiger partial charge on any atom is 0.248 e. The number of hydrogen-bond donors (Lipinski definition) is 2. The highest BCUT2D eigenvalue weighted by Gasteiger charge is 2.29. The van der Waals surface area contributed by atoms with E-state index in [4.69, 9.17) is 0 Å². The molecule has 1 amide bonds. The first kappa shape index (κ1) is 7.54. The summed E-state index contributed by atoms with van der Waals surface area (Å²) in [4.78, 5) is 10.8. The number of carbonyl (C=O) groups is 1. The third-order valence-corrected chi connectivity index (χ3v) is 1.90. The van der Waals surface area contributed by atoms with Crippen LogP contribution in [-0.2, 0) is 4.79 Å². The van der Waals surface area contributed by atoms with Crippen molar-refractivity contribution in [3.63, 3.8) is 0 Å². The second-order valence-corrected chi connectivity index (χ2v) is 2.58. The molecule has 0 aromatic carbocycles. The lowest BCUT2D eigenvalue weighted by Crippen LogP contribution is -2.40. The van der Waals surface area contributed by atoms with Gasteiger partial charge in [0.05, 0.1) is 0 Å². The van der Waals surface area contributed by atoms with Gasteiger partial charge in [-0.25, -0.2) is 0 Å². The number of aliphatic hydroxyl groups is 1. The molecule has 10 heavy (non-hydrogen) atoms. The van der Waals surface area contributed by atoms with Crippen LogP contribution in [0.4, 0.5) is 0 Å². The van der Waals surface area contributed by atoms with Crippen molar-refractivity contribution in [1.82, 2.24) is 5.32 Å². The minimum absolute atomic E-state index is 0.167. The number of rotatable bonds is 2. The van der Waals surface area contributed by atoms with E-state index in [2.05, 4.69) is 11.7 Å². The van der Waals surface area contributed by atoms with Crippen molar-refractivity contribution in [2.24, 2.45) is 5.92 Å². The fourth-order valence-corrected chi connectivity index (χ4v) is 0.979. The molecule has 0 saturated heterocycles. The zero-order valence-electron chi connectivity index (χ0n) is 6.00. The molecule has 1 rings (SSSR count). The number of likely N-dealkylation sites (N-methyl/N-ethyl adjacent to an activating group) is 1. The Balaban J connectivity index is 2.31. The number of nitrogens with one attached hydrogen (secondary N) is 1. The molecule has 0 bridgehead atoms. The van der Waals surface area contributed by atoms with Crippen LogP contribution in [0.5, 0.6) is 0 Å². The van der Waals surface area contributed by atoms with Crippen molar-refractivity contribution in [3.05, 3.63) is 6.42 Å². The molecule has 0 spiro atoms. The van der Waals surface area contributed by atoms with Crippen LogP contribution in [0.3, 0.4) is 0 Å². The van der Waals surface area contributed by atoms with Crippen molar-refractivity contribution >= 4 is 5.91 Å². The van der Waals surface area contributed by atoms with Crippen LogP contribution in [0.25, 0.3) is 0 Å². The van der Waals surface area contributed by atoms with Crippen molar-refractivity contribution in [2.45, 2.75) is 18.9 Å². The maximum atomic E-state index is 10.8. The second kappa shape index (κ2) is 3.01. The molecule has 1 atom stereocenters. The summed E-state index contributed by atoms with van der Waals surface area (Å²) in [6, 6.07) is 0. The molecule has 0 aliphatic heterocycles. The standard InChI is InChI=1S/C7H12NO2/c1-8-7(10)6(9)5-3-2-4-5/h2,5-6,9H,3-4H2,1H3,(H,8,10). The van der Waals surface area contributed by atoms with E-state index >= 15 is 0 Å². The fourth-order valence-electron chi connectivity index (χ4n) is 0.979. The fraction of sp³-hybridized carbons (Fsp3) is 0.714. The van der Waals surface area contributed by atoms with Crippen molar-refractivity contribution < 1.29 is 9.90 Å². The molecule has 1 aliphatic carbocycles. The zero-order valence-corrected chi connectivity index (χ0v) is 6.00. The van der Waals surface area contributed by atoms with Gasteiger partial charge in [-0.3, -0.25) is 4.79 Å². The normalized spacial score (nSPS) is 21.4.